The summed E-state index contributed by atoms with van der Waals surface area (Å²) in [6, 6.07) is 12.4. The second kappa shape index (κ2) is 5.60. The molecule has 0 radical (unpaired) electrons. The number of alkyl halides is 3. The van der Waals surface area contributed by atoms with Gasteiger partial charge in [0.25, 0.3) is 0 Å². The lowest BCUT2D eigenvalue weighted by Gasteiger charge is -2.24. The Labute approximate surface area is 137 Å². The van der Waals surface area contributed by atoms with Crippen molar-refractivity contribution in [2.24, 2.45) is 0 Å². The van der Waals surface area contributed by atoms with Gasteiger partial charge < -0.3 is 5.11 Å². The third-order valence-corrected chi connectivity index (χ3v) is 3.94. The Morgan fingerprint density at radius 1 is 0.875 bits per heavy atom. The van der Waals surface area contributed by atoms with Gasteiger partial charge in [0.05, 0.1) is 16.7 Å². The molecule has 24 heavy (non-hydrogen) atoms. The van der Waals surface area contributed by atoms with Crippen molar-refractivity contribution >= 4 is 10.9 Å². The van der Waals surface area contributed by atoms with Gasteiger partial charge in [-0.1, -0.05) is 36.4 Å². The molecular formula is C19H16F3NO. The van der Waals surface area contributed by atoms with Crippen molar-refractivity contribution < 1.29 is 18.3 Å². The van der Waals surface area contributed by atoms with E-state index >= 15 is 0 Å². The molecule has 0 aliphatic carbocycles. The Kier molecular flexibility index (Phi) is 3.84. The van der Waals surface area contributed by atoms with Gasteiger partial charge in [-0.2, -0.15) is 13.2 Å². The van der Waals surface area contributed by atoms with Gasteiger partial charge in [-0.05, 0) is 37.1 Å². The van der Waals surface area contributed by atoms with Crippen LogP contribution in [0, 0.1) is 0 Å². The first-order valence-corrected chi connectivity index (χ1v) is 7.47. The summed E-state index contributed by atoms with van der Waals surface area (Å²) in [6.45, 7) is 3.08. The molecule has 2 nitrogen and oxygen atoms in total. The maximum absolute atomic E-state index is 13.5. The monoisotopic (exact) mass is 331 g/mol. The predicted molar refractivity (Wildman–Crippen MR) is 87.4 cm³/mol. The molecule has 0 atom stereocenters. The van der Waals surface area contributed by atoms with Crippen LogP contribution in [0.5, 0.6) is 0 Å². The smallest absolute Gasteiger partial charge is 0.386 e. The normalized spacial score (nSPS) is 12.6. The van der Waals surface area contributed by atoms with Gasteiger partial charge in [-0.15, -0.1) is 0 Å². The van der Waals surface area contributed by atoms with Crippen LogP contribution in [0.25, 0.3) is 22.0 Å². The zero-order valence-electron chi connectivity index (χ0n) is 13.2. The van der Waals surface area contributed by atoms with Gasteiger partial charge in [0.2, 0.25) is 0 Å². The molecule has 1 N–H and O–H groups in total. The van der Waals surface area contributed by atoms with E-state index in [1.165, 1.54) is 18.3 Å². The minimum absolute atomic E-state index is 0.0423. The number of para-hydroxylation sites is 1. The fourth-order valence-corrected chi connectivity index (χ4v) is 2.84. The van der Waals surface area contributed by atoms with Crippen LogP contribution in [-0.2, 0) is 11.8 Å². The van der Waals surface area contributed by atoms with E-state index in [-0.39, 0.29) is 5.56 Å². The third kappa shape index (κ3) is 2.87. The zero-order valence-corrected chi connectivity index (χ0v) is 13.2. The second-order valence-corrected chi connectivity index (χ2v) is 6.17. The lowest BCUT2D eigenvalue weighted by Crippen LogP contribution is -2.18. The van der Waals surface area contributed by atoms with E-state index in [9.17, 15) is 18.3 Å². The average molecular weight is 331 g/mol. The highest BCUT2D eigenvalue weighted by Gasteiger charge is 2.35. The molecule has 3 rings (SSSR count). The molecule has 0 aliphatic rings. The number of rotatable bonds is 2. The summed E-state index contributed by atoms with van der Waals surface area (Å²) in [4.78, 5) is 4.28. The van der Waals surface area contributed by atoms with E-state index in [1.54, 1.807) is 44.2 Å². The number of aromatic nitrogens is 1. The Bertz CT molecular complexity index is 895. The number of hydrogen-bond donors (Lipinski definition) is 1. The summed E-state index contributed by atoms with van der Waals surface area (Å²) >= 11 is 0. The van der Waals surface area contributed by atoms with Crippen LogP contribution in [-0.4, -0.2) is 10.1 Å². The van der Waals surface area contributed by atoms with Crippen molar-refractivity contribution in [2.45, 2.75) is 25.6 Å². The Morgan fingerprint density at radius 2 is 1.50 bits per heavy atom. The number of benzene rings is 2. The molecule has 1 heterocycles. The van der Waals surface area contributed by atoms with Crippen LogP contribution in [0.3, 0.4) is 0 Å². The minimum atomic E-state index is -4.49. The molecule has 3 aromatic rings. The number of fused-ring (bicyclic) bond motifs is 1. The molecular weight excluding hydrogens is 315 g/mol. The van der Waals surface area contributed by atoms with E-state index in [0.29, 0.717) is 22.0 Å². The molecule has 0 saturated carbocycles. The SMILES string of the molecule is CC(C)(O)c1cnc2ccccc2c1-c1ccccc1C(F)(F)F. The van der Waals surface area contributed by atoms with Crippen LogP contribution < -0.4 is 0 Å². The standard InChI is InChI=1S/C19H16F3NO/c1-18(2,24)15-11-23-16-10-6-4-8-13(16)17(15)12-7-3-5-9-14(12)19(20,21)22/h3-11,24H,1-2H3. The molecule has 0 aliphatic heterocycles. The highest BCUT2D eigenvalue weighted by molar-refractivity contribution is 5.97. The molecule has 2 aromatic carbocycles. The first kappa shape index (κ1) is 16.5. The first-order chi connectivity index (χ1) is 11.2. The number of nitrogens with zero attached hydrogens (tertiary/aromatic N) is 1. The van der Waals surface area contributed by atoms with Crippen molar-refractivity contribution in [2.75, 3.05) is 0 Å². The van der Waals surface area contributed by atoms with Gasteiger partial charge in [0, 0.05) is 17.1 Å². The van der Waals surface area contributed by atoms with Crippen molar-refractivity contribution in [1.29, 1.82) is 0 Å². The molecule has 0 fully saturated rings. The fraction of sp³-hybridized carbons (Fsp3) is 0.211. The second-order valence-electron chi connectivity index (χ2n) is 6.17. The highest BCUT2D eigenvalue weighted by atomic mass is 19.4. The van der Waals surface area contributed by atoms with Gasteiger partial charge in [0.15, 0.2) is 0 Å². The summed E-state index contributed by atoms with van der Waals surface area (Å²) in [5.41, 5.74) is -0.714. The highest BCUT2D eigenvalue weighted by Crippen LogP contribution is 2.42. The summed E-state index contributed by atoms with van der Waals surface area (Å²) in [5.74, 6) is 0. The summed E-state index contributed by atoms with van der Waals surface area (Å²) < 4.78 is 40.5. The fourth-order valence-electron chi connectivity index (χ4n) is 2.84. The van der Waals surface area contributed by atoms with Gasteiger partial charge in [0.1, 0.15) is 0 Å². The molecule has 0 amide bonds. The maximum atomic E-state index is 13.5. The molecule has 0 spiro atoms. The topological polar surface area (TPSA) is 33.1 Å². The van der Waals surface area contributed by atoms with E-state index in [4.69, 9.17) is 0 Å². The van der Waals surface area contributed by atoms with Gasteiger partial charge in [-0.25, -0.2) is 0 Å². The number of hydrogen-bond acceptors (Lipinski definition) is 2. The van der Waals surface area contributed by atoms with E-state index in [2.05, 4.69) is 4.98 Å². The maximum Gasteiger partial charge on any atom is 0.417 e. The molecule has 0 unspecified atom stereocenters. The van der Waals surface area contributed by atoms with Crippen molar-refractivity contribution in [3.05, 3.63) is 65.9 Å². The van der Waals surface area contributed by atoms with Crippen molar-refractivity contribution in [3.63, 3.8) is 0 Å². The van der Waals surface area contributed by atoms with Crippen LogP contribution in [0.4, 0.5) is 13.2 Å². The van der Waals surface area contributed by atoms with Gasteiger partial charge in [-0.3, -0.25) is 4.98 Å². The molecule has 5 heteroatoms. The zero-order chi connectivity index (χ0) is 17.5. The van der Waals surface area contributed by atoms with E-state index in [0.717, 1.165) is 6.07 Å². The lowest BCUT2D eigenvalue weighted by molar-refractivity contribution is -0.137. The summed E-state index contributed by atoms with van der Waals surface area (Å²) in [5, 5.41) is 11.0. The van der Waals surface area contributed by atoms with E-state index < -0.39 is 17.3 Å². The van der Waals surface area contributed by atoms with E-state index in [1.807, 2.05) is 0 Å². The summed E-state index contributed by atoms with van der Waals surface area (Å²) in [6.07, 6.45) is -3.04. The molecule has 0 bridgehead atoms. The molecule has 0 saturated heterocycles. The molecule has 1 aromatic heterocycles. The third-order valence-electron chi connectivity index (χ3n) is 3.94. The predicted octanol–water partition coefficient (Wildman–Crippen LogP) is 5.15. The first-order valence-electron chi connectivity index (χ1n) is 7.47. The quantitative estimate of drug-likeness (QED) is 0.704. The van der Waals surface area contributed by atoms with Crippen LogP contribution in [0.1, 0.15) is 25.0 Å². The largest absolute Gasteiger partial charge is 0.417 e. The summed E-state index contributed by atoms with van der Waals surface area (Å²) in [7, 11) is 0. The number of halogens is 3. The van der Waals surface area contributed by atoms with Crippen molar-refractivity contribution in [1.82, 2.24) is 4.98 Å². The van der Waals surface area contributed by atoms with Crippen LogP contribution >= 0.6 is 0 Å². The van der Waals surface area contributed by atoms with Crippen LogP contribution in [0.15, 0.2) is 54.7 Å². The minimum Gasteiger partial charge on any atom is -0.386 e. The van der Waals surface area contributed by atoms with Crippen molar-refractivity contribution in [3.8, 4) is 11.1 Å². The lowest BCUT2D eigenvalue weighted by atomic mass is 9.86. The Balaban J connectivity index is 2.46. The number of aliphatic hydroxyl groups is 1. The Hall–Kier alpha value is -2.40. The Morgan fingerprint density at radius 3 is 2.17 bits per heavy atom. The number of pyridine rings is 1. The van der Waals surface area contributed by atoms with Gasteiger partial charge >= 0.3 is 6.18 Å². The molecule has 124 valence electrons. The average Bonchev–Trinajstić information content (AvgIpc) is 2.52. The van der Waals surface area contributed by atoms with Crippen LogP contribution in [0.2, 0.25) is 0 Å².